The fourth-order valence-corrected chi connectivity index (χ4v) is 4.45. The molecule has 0 aromatic carbocycles. The summed E-state index contributed by atoms with van der Waals surface area (Å²) in [5, 5.41) is 9.38. The maximum atomic E-state index is 11.4. The second-order valence-electron chi connectivity index (χ2n) is 5.95. The van der Waals surface area contributed by atoms with Gasteiger partial charge in [0.05, 0.1) is 16.3 Å². The van der Waals surface area contributed by atoms with Crippen molar-refractivity contribution in [2.75, 3.05) is 13.1 Å². The molecule has 2 unspecified atom stereocenters. The Kier molecular flexibility index (Phi) is 4.99. The van der Waals surface area contributed by atoms with Crippen LogP contribution in [0.25, 0.3) is 0 Å². The molecule has 6 heteroatoms. The normalized spacial score (nSPS) is 20.3. The predicted molar refractivity (Wildman–Crippen MR) is 92.1 cm³/mol. The summed E-state index contributed by atoms with van der Waals surface area (Å²) in [6, 6.07) is 6.02. The SMILES string of the molecule is Cc1cnccc1C(c1ccc(Cl)s1)N1CCCC(C(=O)O)C1. The maximum absolute atomic E-state index is 11.4. The van der Waals surface area contributed by atoms with Gasteiger partial charge in [0.1, 0.15) is 0 Å². The monoisotopic (exact) mass is 350 g/mol. The molecule has 2 atom stereocenters. The number of pyridine rings is 1. The number of piperidine rings is 1. The number of hydrogen-bond donors (Lipinski definition) is 1. The van der Waals surface area contributed by atoms with Gasteiger partial charge >= 0.3 is 5.97 Å². The highest BCUT2D eigenvalue weighted by atomic mass is 35.5. The van der Waals surface area contributed by atoms with Crippen molar-refractivity contribution in [3.8, 4) is 0 Å². The van der Waals surface area contributed by atoms with Gasteiger partial charge < -0.3 is 5.11 Å². The topological polar surface area (TPSA) is 53.4 Å². The number of aliphatic carboxylic acids is 1. The molecule has 0 saturated carbocycles. The lowest BCUT2D eigenvalue weighted by atomic mass is 9.93. The highest BCUT2D eigenvalue weighted by Crippen LogP contribution is 2.38. The summed E-state index contributed by atoms with van der Waals surface area (Å²) in [5.74, 6) is -1.01. The number of carbonyl (C=O) groups is 1. The molecule has 0 amide bonds. The van der Waals surface area contributed by atoms with Crippen molar-refractivity contribution in [2.45, 2.75) is 25.8 Å². The quantitative estimate of drug-likeness (QED) is 0.905. The van der Waals surface area contributed by atoms with Crippen molar-refractivity contribution in [2.24, 2.45) is 5.92 Å². The van der Waals surface area contributed by atoms with E-state index < -0.39 is 5.97 Å². The zero-order chi connectivity index (χ0) is 16.4. The first-order chi connectivity index (χ1) is 11.1. The molecule has 1 N–H and O–H groups in total. The summed E-state index contributed by atoms with van der Waals surface area (Å²) in [4.78, 5) is 19.0. The minimum absolute atomic E-state index is 0.0395. The molecule has 3 rings (SSSR count). The lowest BCUT2D eigenvalue weighted by Crippen LogP contribution is -2.41. The average Bonchev–Trinajstić information content (AvgIpc) is 2.96. The predicted octanol–water partition coefficient (Wildman–Crippen LogP) is 3.99. The summed E-state index contributed by atoms with van der Waals surface area (Å²) in [6.45, 7) is 3.51. The Morgan fingerprint density at radius 3 is 2.96 bits per heavy atom. The van der Waals surface area contributed by atoms with Crippen molar-refractivity contribution in [3.05, 3.63) is 50.9 Å². The minimum atomic E-state index is -0.705. The molecule has 3 heterocycles. The number of hydrogen-bond acceptors (Lipinski definition) is 4. The number of halogens is 1. The number of thiophene rings is 1. The highest BCUT2D eigenvalue weighted by molar-refractivity contribution is 7.16. The van der Waals surface area contributed by atoms with Crippen LogP contribution < -0.4 is 0 Å². The number of rotatable bonds is 4. The Morgan fingerprint density at radius 1 is 1.48 bits per heavy atom. The van der Waals surface area contributed by atoms with Gasteiger partial charge in [-0.2, -0.15) is 0 Å². The van der Waals surface area contributed by atoms with E-state index in [1.54, 1.807) is 17.5 Å². The van der Waals surface area contributed by atoms with Crippen LogP contribution in [-0.4, -0.2) is 34.0 Å². The largest absolute Gasteiger partial charge is 0.481 e. The summed E-state index contributed by atoms with van der Waals surface area (Å²) < 4.78 is 0.753. The Hall–Kier alpha value is -1.43. The number of carboxylic acids is 1. The molecule has 122 valence electrons. The second-order valence-corrected chi connectivity index (χ2v) is 7.70. The maximum Gasteiger partial charge on any atom is 0.307 e. The van der Waals surface area contributed by atoms with Crippen molar-refractivity contribution in [1.82, 2.24) is 9.88 Å². The molecule has 1 aliphatic heterocycles. The van der Waals surface area contributed by atoms with Crippen molar-refractivity contribution in [3.63, 3.8) is 0 Å². The number of likely N-dealkylation sites (tertiary alicyclic amines) is 1. The van der Waals surface area contributed by atoms with Gasteiger partial charge in [-0.25, -0.2) is 0 Å². The fourth-order valence-electron chi connectivity index (χ4n) is 3.24. The van der Waals surface area contributed by atoms with Gasteiger partial charge in [0.25, 0.3) is 0 Å². The van der Waals surface area contributed by atoms with Crippen LogP contribution in [0.4, 0.5) is 0 Å². The molecule has 2 aromatic heterocycles. The van der Waals surface area contributed by atoms with Gasteiger partial charge in [-0.15, -0.1) is 11.3 Å². The van der Waals surface area contributed by atoms with Crippen LogP contribution in [0.5, 0.6) is 0 Å². The number of aryl methyl sites for hydroxylation is 1. The van der Waals surface area contributed by atoms with Gasteiger partial charge in [-0.1, -0.05) is 11.6 Å². The standard InChI is InChI=1S/C17H19ClN2O2S/c1-11-9-19-7-6-13(11)16(14-4-5-15(18)23-14)20-8-2-3-12(10-20)17(21)22/h4-7,9,12,16H,2-3,8,10H2,1H3,(H,21,22). The summed E-state index contributed by atoms with van der Waals surface area (Å²) >= 11 is 7.70. The molecule has 4 nitrogen and oxygen atoms in total. The lowest BCUT2D eigenvalue weighted by Gasteiger charge is -2.37. The molecule has 0 radical (unpaired) electrons. The van der Waals surface area contributed by atoms with Gasteiger partial charge in [-0.3, -0.25) is 14.7 Å². The van der Waals surface area contributed by atoms with Crippen LogP contribution in [-0.2, 0) is 4.79 Å². The summed E-state index contributed by atoms with van der Waals surface area (Å²) in [5.41, 5.74) is 2.28. The Morgan fingerprint density at radius 2 is 2.30 bits per heavy atom. The third-order valence-corrected chi connectivity index (χ3v) is 5.67. The molecular weight excluding hydrogens is 332 g/mol. The first-order valence-corrected chi connectivity index (χ1v) is 8.88. The molecule has 1 fully saturated rings. The third-order valence-electron chi connectivity index (χ3n) is 4.39. The Balaban J connectivity index is 1.98. The molecule has 0 spiro atoms. The molecule has 1 aliphatic rings. The van der Waals surface area contributed by atoms with Crippen LogP contribution in [0.3, 0.4) is 0 Å². The van der Waals surface area contributed by atoms with E-state index in [2.05, 4.69) is 9.88 Å². The first-order valence-electron chi connectivity index (χ1n) is 7.69. The molecule has 0 bridgehead atoms. The molecular formula is C17H19ClN2O2S. The van der Waals surface area contributed by atoms with Crippen molar-refractivity contribution in [1.29, 1.82) is 0 Å². The Bertz CT molecular complexity index is 703. The first kappa shape index (κ1) is 16.4. The van der Waals surface area contributed by atoms with Gasteiger partial charge in [-0.05, 0) is 55.6 Å². The molecule has 1 saturated heterocycles. The van der Waals surface area contributed by atoms with Crippen LogP contribution >= 0.6 is 22.9 Å². The summed E-state index contributed by atoms with van der Waals surface area (Å²) in [6.07, 6.45) is 5.30. The third kappa shape index (κ3) is 3.57. The number of carboxylic acid groups (broad SMARTS) is 1. The molecule has 23 heavy (non-hydrogen) atoms. The lowest BCUT2D eigenvalue weighted by molar-refractivity contribution is -0.143. The van der Waals surface area contributed by atoms with Gasteiger partial charge in [0.15, 0.2) is 0 Å². The van der Waals surface area contributed by atoms with E-state index in [0.29, 0.717) is 6.54 Å². The van der Waals surface area contributed by atoms with E-state index in [-0.39, 0.29) is 12.0 Å². The van der Waals surface area contributed by atoms with Crippen LogP contribution in [0.1, 0.15) is 34.9 Å². The van der Waals surface area contributed by atoms with Crippen molar-refractivity contribution < 1.29 is 9.90 Å². The van der Waals surface area contributed by atoms with Crippen LogP contribution in [0, 0.1) is 12.8 Å². The average molecular weight is 351 g/mol. The van der Waals surface area contributed by atoms with Crippen LogP contribution in [0.2, 0.25) is 4.34 Å². The molecule has 2 aromatic rings. The summed E-state index contributed by atoms with van der Waals surface area (Å²) in [7, 11) is 0. The van der Waals surface area contributed by atoms with E-state index in [9.17, 15) is 9.90 Å². The van der Waals surface area contributed by atoms with Gasteiger partial charge in [0.2, 0.25) is 0 Å². The fraction of sp³-hybridized carbons (Fsp3) is 0.412. The second kappa shape index (κ2) is 6.99. The van der Waals surface area contributed by atoms with E-state index in [1.165, 1.54) is 5.56 Å². The van der Waals surface area contributed by atoms with Crippen molar-refractivity contribution >= 4 is 28.9 Å². The zero-order valence-electron chi connectivity index (χ0n) is 12.9. The van der Waals surface area contributed by atoms with E-state index in [0.717, 1.165) is 34.2 Å². The van der Waals surface area contributed by atoms with E-state index >= 15 is 0 Å². The van der Waals surface area contributed by atoms with Gasteiger partial charge in [0, 0.05) is 23.8 Å². The van der Waals surface area contributed by atoms with E-state index in [1.807, 2.05) is 31.3 Å². The smallest absolute Gasteiger partial charge is 0.307 e. The minimum Gasteiger partial charge on any atom is -0.481 e. The molecule has 0 aliphatic carbocycles. The van der Waals surface area contributed by atoms with E-state index in [4.69, 9.17) is 11.6 Å². The van der Waals surface area contributed by atoms with Crippen LogP contribution in [0.15, 0.2) is 30.6 Å². The zero-order valence-corrected chi connectivity index (χ0v) is 14.5. The highest BCUT2D eigenvalue weighted by Gasteiger charge is 2.32. The number of nitrogens with zero attached hydrogens (tertiary/aromatic N) is 2. The number of aromatic nitrogens is 1. The Labute approximate surface area is 144 Å².